The number of hydrogen-bond donors (Lipinski definition) is 2. The minimum Gasteiger partial charge on any atom is -0.473 e. The van der Waals surface area contributed by atoms with Crippen LogP contribution in [-0.2, 0) is 20.5 Å². The van der Waals surface area contributed by atoms with E-state index in [0.717, 1.165) is 84.7 Å². The Balaban J connectivity index is 0.000000480. The van der Waals surface area contributed by atoms with Gasteiger partial charge in [-0.05, 0) is 72.2 Å². The maximum atomic E-state index is 13.9. The third-order valence-corrected chi connectivity index (χ3v) is 7.68. The molecule has 0 radical (unpaired) electrons. The Kier molecular flexibility index (Phi) is 8.25. The van der Waals surface area contributed by atoms with E-state index in [1.165, 1.54) is 36.0 Å². The molecule has 0 amide bonds. The summed E-state index contributed by atoms with van der Waals surface area (Å²) in [5, 5.41) is 14.8. The van der Waals surface area contributed by atoms with E-state index in [1.54, 1.807) is 6.07 Å². The lowest BCUT2D eigenvalue weighted by Crippen LogP contribution is -2.35. The first-order valence-electron chi connectivity index (χ1n) is 11.7. The average molecular weight is 540 g/mol. The van der Waals surface area contributed by atoms with E-state index in [4.69, 9.17) is 24.5 Å². The fourth-order valence-electron chi connectivity index (χ4n) is 4.77. The number of halogens is 4. The number of fused-ring (bicyclic) bond motifs is 2. The second-order valence-corrected chi connectivity index (χ2v) is 10.2. The summed E-state index contributed by atoms with van der Waals surface area (Å²) in [6.45, 7) is 4.42. The van der Waals surface area contributed by atoms with Gasteiger partial charge in [-0.15, -0.1) is 0 Å². The number of alkyl halides is 3. The largest absolute Gasteiger partial charge is 0.473 e. The van der Waals surface area contributed by atoms with Crippen LogP contribution in [0.3, 0.4) is 0 Å². The van der Waals surface area contributed by atoms with Gasteiger partial charge in [0.2, 0.25) is 0 Å². The number of carbonyl (C=O) groups is 2. The van der Waals surface area contributed by atoms with E-state index in [-0.39, 0.29) is 5.82 Å². The van der Waals surface area contributed by atoms with Gasteiger partial charge in [0.25, 0.3) is 0 Å². The fraction of sp³-hybridized carbons (Fsp3) is 0.385. The van der Waals surface area contributed by atoms with Crippen LogP contribution in [-0.4, -0.2) is 59.9 Å². The van der Waals surface area contributed by atoms with Crippen molar-refractivity contribution in [2.45, 2.75) is 35.2 Å². The molecule has 1 unspecified atom stereocenters. The van der Waals surface area contributed by atoms with Crippen molar-refractivity contribution in [3.8, 4) is 0 Å². The average Bonchev–Trinajstić information content (AvgIpc) is 3.35. The number of piperidine rings is 1. The molecule has 2 N–H and O–H groups in total. The van der Waals surface area contributed by atoms with E-state index in [2.05, 4.69) is 4.90 Å². The summed E-state index contributed by atoms with van der Waals surface area (Å²) in [5.41, 5.74) is 2.83. The van der Waals surface area contributed by atoms with Gasteiger partial charge in [-0.2, -0.15) is 13.2 Å². The van der Waals surface area contributed by atoms with Gasteiger partial charge in [-0.25, -0.2) is 14.0 Å². The number of rotatable bonds is 2. The molecule has 0 spiro atoms. The van der Waals surface area contributed by atoms with Gasteiger partial charge in [-0.1, -0.05) is 23.4 Å². The smallest absolute Gasteiger partial charge is 0.416 e. The first kappa shape index (κ1) is 27.2. The van der Waals surface area contributed by atoms with Gasteiger partial charge in [0.05, 0.1) is 12.2 Å². The topological polar surface area (TPSA) is 87.1 Å². The monoisotopic (exact) mass is 539 g/mol. The van der Waals surface area contributed by atoms with Crippen LogP contribution >= 0.6 is 11.8 Å². The molecule has 3 aliphatic heterocycles. The highest BCUT2D eigenvalue weighted by molar-refractivity contribution is 7.99. The molecule has 0 saturated carbocycles. The molecule has 11 heteroatoms. The van der Waals surface area contributed by atoms with Crippen LogP contribution in [0.2, 0.25) is 0 Å². The molecule has 0 bridgehead atoms. The van der Waals surface area contributed by atoms with Crippen molar-refractivity contribution in [2.24, 2.45) is 5.92 Å². The summed E-state index contributed by atoms with van der Waals surface area (Å²) in [5.74, 6) is -3.41. The number of benzene rings is 2. The molecule has 0 aliphatic carbocycles. The predicted molar refractivity (Wildman–Crippen MR) is 128 cm³/mol. The van der Waals surface area contributed by atoms with E-state index in [0.29, 0.717) is 11.5 Å². The summed E-state index contributed by atoms with van der Waals surface area (Å²) in [6.07, 6.45) is -1.69. The Labute approximate surface area is 214 Å². The van der Waals surface area contributed by atoms with Crippen LogP contribution in [0.1, 0.15) is 36.0 Å². The van der Waals surface area contributed by atoms with Crippen LogP contribution in [0.5, 0.6) is 0 Å². The summed E-state index contributed by atoms with van der Waals surface area (Å²) in [4.78, 5) is 22.1. The minimum atomic E-state index is -4.40. The molecule has 5 rings (SSSR count). The van der Waals surface area contributed by atoms with Crippen LogP contribution < -0.4 is 0 Å². The van der Waals surface area contributed by atoms with E-state index in [1.807, 2.05) is 0 Å². The second-order valence-electron chi connectivity index (χ2n) is 9.07. The molecule has 3 heterocycles. The summed E-state index contributed by atoms with van der Waals surface area (Å²) < 4.78 is 59.7. The molecule has 6 nitrogen and oxygen atoms in total. The Morgan fingerprint density at radius 3 is 2.30 bits per heavy atom. The molecular weight excluding hydrogens is 514 g/mol. The third kappa shape index (κ3) is 6.52. The Morgan fingerprint density at radius 1 is 1.00 bits per heavy atom. The van der Waals surface area contributed by atoms with Crippen molar-refractivity contribution in [3.63, 3.8) is 0 Å². The third-order valence-electron chi connectivity index (χ3n) is 6.55. The zero-order valence-corrected chi connectivity index (χ0v) is 20.5. The van der Waals surface area contributed by atoms with Gasteiger partial charge < -0.3 is 19.8 Å². The minimum absolute atomic E-state index is 0.334. The van der Waals surface area contributed by atoms with E-state index < -0.39 is 23.7 Å². The molecule has 0 aromatic heterocycles. The molecular formula is C26H25F4NO5S. The lowest BCUT2D eigenvalue weighted by molar-refractivity contribution is -0.159. The van der Waals surface area contributed by atoms with E-state index in [9.17, 15) is 17.6 Å². The highest BCUT2D eigenvalue weighted by Gasteiger charge is 2.34. The first-order valence-corrected chi connectivity index (χ1v) is 12.5. The van der Waals surface area contributed by atoms with Crippen molar-refractivity contribution in [3.05, 3.63) is 64.5 Å². The first-order chi connectivity index (χ1) is 17.5. The highest BCUT2D eigenvalue weighted by atomic mass is 32.2. The molecule has 198 valence electrons. The van der Waals surface area contributed by atoms with Crippen LogP contribution in [0.15, 0.2) is 51.8 Å². The Bertz CT molecular complexity index is 1200. The standard InChI is InChI=1S/C24H23F4NOS.C2H2O4/c25-18-2-3-19-22(12-18)31-21-4-1-17(24(26,27)28)11-20(21)23(19)16-5-8-29(9-6-16)13-15-7-10-30-14-15;3-1(4)2(5)6/h1-4,11-12,15H,5-10,13-14H2;(H,3,4)(H,5,6). The van der Waals surface area contributed by atoms with E-state index >= 15 is 0 Å². The van der Waals surface area contributed by atoms with Crippen molar-refractivity contribution in [2.75, 3.05) is 32.8 Å². The number of carboxylic acids is 2. The van der Waals surface area contributed by atoms with Gasteiger partial charge in [0, 0.05) is 36.0 Å². The molecule has 2 aromatic carbocycles. The van der Waals surface area contributed by atoms with Crippen LogP contribution in [0, 0.1) is 11.7 Å². The van der Waals surface area contributed by atoms with Crippen molar-refractivity contribution in [1.82, 2.24) is 4.90 Å². The van der Waals surface area contributed by atoms with Gasteiger partial charge in [0.15, 0.2) is 0 Å². The molecule has 37 heavy (non-hydrogen) atoms. The Hall–Kier alpha value is -2.89. The number of aliphatic carboxylic acids is 2. The quantitative estimate of drug-likeness (QED) is 0.333. The van der Waals surface area contributed by atoms with Gasteiger partial charge >= 0.3 is 18.1 Å². The van der Waals surface area contributed by atoms with Gasteiger partial charge in [-0.3, -0.25) is 0 Å². The molecule has 2 aromatic rings. The lowest BCUT2D eigenvalue weighted by Gasteiger charge is -2.33. The Morgan fingerprint density at radius 2 is 1.70 bits per heavy atom. The maximum Gasteiger partial charge on any atom is 0.416 e. The molecule has 2 saturated heterocycles. The van der Waals surface area contributed by atoms with Crippen LogP contribution in [0.25, 0.3) is 5.57 Å². The number of hydrogen-bond acceptors (Lipinski definition) is 5. The zero-order chi connectivity index (χ0) is 26.7. The van der Waals surface area contributed by atoms with Crippen molar-refractivity contribution < 1.29 is 42.1 Å². The molecule has 3 aliphatic rings. The number of likely N-dealkylation sites (tertiary alicyclic amines) is 1. The van der Waals surface area contributed by atoms with Crippen LogP contribution in [0.4, 0.5) is 17.6 Å². The number of carboxylic acid groups (broad SMARTS) is 2. The van der Waals surface area contributed by atoms with Crippen molar-refractivity contribution >= 4 is 29.3 Å². The van der Waals surface area contributed by atoms with Gasteiger partial charge in [0.1, 0.15) is 5.82 Å². The summed E-state index contributed by atoms with van der Waals surface area (Å²) in [6, 6.07) is 8.49. The number of ether oxygens (including phenoxy) is 1. The molecule has 1 atom stereocenters. The summed E-state index contributed by atoms with van der Waals surface area (Å²) in [7, 11) is 0. The lowest BCUT2D eigenvalue weighted by atomic mass is 9.87. The SMILES string of the molecule is Fc1ccc2c(c1)Sc1ccc(C(F)(F)F)cc1C2=C1CCN(CC2CCOC2)CC1.O=C(O)C(=O)O. The normalized spacial score (nSPS) is 19.5. The van der Waals surface area contributed by atoms with Crippen molar-refractivity contribution in [1.29, 1.82) is 0 Å². The number of nitrogens with zero attached hydrogens (tertiary/aromatic N) is 1. The fourth-order valence-corrected chi connectivity index (χ4v) is 5.87. The zero-order valence-electron chi connectivity index (χ0n) is 19.7. The summed E-state index contributed by atoms with van der Waals surface area (Å²) >= 11 is 1.34. The predicted octanol–water partition coefficient (Wildman–Crippen LogP) is 5.40. The second kappa shape index (κ2) is 11.2. The maximum absolute atomic E-state index is 13.9. The highest BCUT2D eigenvalue weighted by Crippen LogP contribution is 2.49. The molecule has 2 fully saturated rings.